The topological polar surface area (TPSA) is 83.5 Å². The van der Waals surface area contributed by atoms with Crippen LogP contribution in [-0.2, 0) is 9.53 Å². The standard InChI is InChI=1S/C18H16O7/c1-21-18(20)6-11(10-2-3-14-15(4-10)23-8-22-14)12-5-16-17(7-13(12)19)25-9-24-16/h2-5,7,11,19H,6,8-9H2,1H3. The Morgan fingerprint density at radius 1 is 1.04 bits per heavy atom. The Balaban J connectivity index is 1.77. The first-order valence-electron chi connectivity index (χ1n) is 7.74. The summed E-state index contributed by atoms with van der Waals surface area (Å²) in [5.74, 6) is 1.46. The molecule has 0 amide bonds. The van der Waals surface area contributed by atoms with E-state index in [9.17, 15) is 9.90 Å². The van der Waals surface area contributed by atoms with E-state index in [4.69, 9.17) is 23.7 Å². The molecule has 0 radical (unpaired) electrons. The number of benzene rings is 2. The molecule has 4 rings (SSSR count). The van der Waals surface area contributed by atoms with Gasteiger partial charge >= 0.3 is 5.97 Å². The van der Waals surface area contributed by atoms with Gasteiger partial charge in [-0.1, -0.05) is 6.07 Å². The van der Waals surface area contributed by atoms with Crippen LogP contribution in [0, 0.1) is 0 Å². The zero-order valence-electron chi connectivity index (χ0n) is 13.5. The van der Waals surface area contributed by atoms with E-state index in [0.717, 1.165) is 5.56 Å². The molecule has 1 atom stereocenters. The first-order valence-corrected chi connectivity index (χ1v) is 7.74. The van der Waals surface area contributed by atoms with Gasteiger partial charge < -0.3 is 28.8 Å². The van der Waals surface area contributed by atoms with E-state index in [-0.39, 0.29) is 31.7 Å². The Morgan fingerprint density at radius 2 is 1.68 bits per heavy atom. The van der Waals surface area contributed by atoms with Crippen molar-refractivity contribution in [1.29, 1.82) is 0 Å². The van der Waals surface area contributed by atoms with Gasteiger partial charge in [0, 0.05) is 17.5 Å². The largest absolute Gasteiger partial charge is 0.508 e. The number of aromatic hydroxyl groups is 1. The molecule has 0 aromatic heterocycles. The molecule has 0 spiro atoms. The summed E-state index contributed by atoms with van der Waals surface area (Å²) in [7, 11) is 1.33. The summed E-state index contributed by atoms with van der Waals surface area (Å²) in [6.07, 6.45) is 0.0589. The summed E-state index contributed by atoms with van der Waals surface area (Å²) in [6, 6.07) is 8.61. The molecule has 1 N–H and O–H groups in total. The van der Waals surface area contributed by atoms with Crippen molar-refractivity contribution in [3.8, 4) is 28.7 Å². The van der Waals surface area contributed by atoms with E-state index in [2.05, 4.69) is 0 Å². The van der Waals surface area contributed by atoms with Crippen LogP contribution < -0.4 is 18.9 Å². The predicted octanol–water partition coefficient (Wildman–Crippen LogP) is 2.54. The van der Waals surface area contributed by atoms with Gasteiger partial charge in [0.1, 0.15) is 5.75 Å². The fourth-order valence-electron chi connectivity index (χ4n) is 3.01. The summed E-state index contributed by atoms with van der Waals surface area (Å²) >= 11 is 0. The molecular formula is C18H16O7. The Morgan fingerprint density at radius 3 is 2.40 bits per heavy atom. The van der Waals surface area contributed by atoms with Crippen molar-refractivity contribution in [1.82, 2.24) is 0 Å². The summed E-state index contributed by atoms with van der Waals surface area (Å²) < 4.78 is 26.2. The molecule has 7 heteroatoms. The maximum Gasteiger partial charge on any atom is 0.306 e. The summed E-state index contributed by atoms with van der Waals surface area (Å²) in [4.78, 5) is 11.9. The minimum Gasteiger partial charge on any atom is -0.508 e. The Kier molecular flexibility index (Phi) is 3.76. The highest BCUT2D eigenvalue weighted by molar-refractivity contribution is 5.72. The summed E-state index contributed by atoms with van der Waals surface area (Å²) in [5.41, 5.74) is 1.34. The van der Waals surface area contributed by atoms with Crippen molar-refractivity contribution in [2.75, 3.05) is 20.7 Å². The van der Waals surface area contributed by atoms with Crippen LogP contribution in [0.25, 0.3) is 0 Å². The van der Waals surface area contributed by atoms with Gasteiger partial charge in [0.05, 0.1) is 13.5 Å². The quantitative estimate of drug-likeness (QED) is 0.853. The molecule has 2 aliphatic heterocycles. The molecule has 0 aliphatic carbocycles. The lowest BCUT2D eigenvalue weighted by Crippen LogP contribution is -2.10. The number of fused-ring (bicyclic) bond motifs is 2. The average Bonchev–Trinajstić information content (AvgIpc) is 3.26. The molecule has 2 heterocycles. The number of rotatable bonds is 4. The van der Waals surface area contributed by atoms with Crippen molar-refractivity contribution in [2.45, 2.75) is 12.3 Å². The molecule has 2 aliphatic rings. The normalized spacial score (nSPS) is 15.1. The van der Waals surface area contributed by atoms with Crippen molar-refractivity contribution < 1.29 is 33.6 Å². The van der Waals surface area contributed by atoms with Crippen molar-refractivity contribution in [3.05, 3.63) is 41.5 Å². The maximum absolute atomic E-state index is 11.9. The van der Waals surface area contributed by atoms with Crippen LogP contribution in [0.15, 0.2) is 30.3 Å². The van der Waals surface area contributed by atoms with E-state index in [1.807, 2.05) is 6.07 Å². The Hall–Kier alpha value is -3.09. The molecule has 2 aromatic rings. The number of carbonyl (C=O) groups is 1. The van der Waals surface area contributed by atoms with Gasteiger partial charge in [0.25, 0.3) is 0 Å². The predicted molar refractivity (Wildman–Crippen MR) is 85.3 cm³/mol. The minimum atomic E-state index is -0.434. The Labute approximate surface area is 143 Å². The van der Waals surface area contributed by atoms with Crippen LogP contribution in [0.1, 0.15) is 23.5 Å². The number of carbonyl (C=O) groups excluding carboxylic acids is 1. The molecule has 0 saturated carbocycles. The lowest BCUT2D eigenvalue weighted by Gasteiger charge is -2.19. The number of esters is 1. The van der Waals surface area contributed by atoms with Gasteiger partial charge in [-0.15, -0.1) is 0 Å². The first kappa shape index (κ1) is 15.4. The molecular weight excluding hydrogens is 328 g/mol. The van der Waals surface area contributed by atoms with Gasteiger partial charge in [-0.3, -0.25) is 4.79 Å². The molecule has 0 bridgehead atoms. The molecule has 1 unspecified atom stereocenters. The molecule has 7 nitrogen and oxygen atoms in total. The van der Waals surface area contributed by atoms with E-state index >= 15 is 0 Å². The molecule has 0 fully saturated rings. The number of methoxy groups -OCH3 is 1. The van der Waals surface area contributed by atoms with Crippen LogP contribution in [0.2, 0.25) is 0 Å². The van der Waals surface area contributed by atoms with Crippen molar-refractivity contribution >= 4 is 5.97 Å². The zero-order valence-corrected chi connectivity index (χ0v) is 13.5. The third-order valence-electron chi connectivity index (χ3n) is 4.29. The monoisotopic (exact) mass is 344 g/mol. The number of phenolic OH excluding ortho intramolecular Hbond substituents is 1. The second-order valence-electron chi connectivity index (χ2n) is 5.71. The second kappa shape index (κ2) is 6.08. The maximum atomic E-state index is 11.9. The average molecular weight is 344 g/mol. The van der Waals surface area contributed by atoms with Crippen molar-refractivity contribution in [2.24, 2.45) is 0 Å². The highest BCUT2D eigenvalue weighted by Crippen LogP contribution is 2.44. The number of hydrogen-bond acceptors (Lipinski definition) is 7. The lowest BCUT2D eigenvalue weighted by molar-refractivity contribution is -0.140. The van der Waals surface area contributed by atoms with Crippen LogP contribution in [-0.4, -0.2) is 31.8 Å². The smallest absolute Gasteiger partial charge is 0.306 e. The lowest BCUT2D eigenvalue weighted by atomic mass is 9.87. The molecule has 25 heavy (non-hydrogen) atoms. The van der Waals surface area contributed by atoms with E-state index in [1.165, 1.54) is 13.2 Å². The van der Waals surface area contributed by atoms with E-state index in [0.29, 0.717) is 28.6 Å². The Bertz CT molecular complexity index is 830. The zero-order chi connectivity index (χ0) is 17.4. The van der Waals surface area contributed by atoms with E-state index < -0.39 is 5.92 Å². The van der Waals surface area contributed by atoms with Crippen LogP contribution in [0.5, 0.6) is 28.7 Å². The van der Waals surface area contributed by atoms with Crippen LogP contribution >= 0.6 is 0 Å². The first-order chi connectivity index (χ1) is 12.2. The molecule has 0 saturated heterocycles. The number of phenols is 1. The number of ether oxygens (including phenoxy) is 5. The van der Waals surface area contributed by atoms with Gasteiger partial charge in [-0.25, -0.2) is 0 Å². The van der Waals surface area contributed by atoms with Crippen LogP contribution in [0.4, 0.5) is 0 Å². The van der Waals surface area contributed by atoms with Crippen molar-refractivity contribution in [3.63, 3.8) is 0 Å². The minimum absolute atomic E-state index is 0.0239. The fourth-order valence-corrected chi connectivity index (χ4v) is 3.01. The van der Waals surface area contributed by atoms with Gasteiger partial charge in [-0.2, -0.15) is 0 Å². The second-order valence-corrected chi connectivity index (χ2v) is 5.71. The van der Waals surface area contributed by atoms with Gasteiger partial charge in [-0.05, 0) is 23.8 Å². The fraction of sp³-hybridized carbons (Fsp3) is 0.278. The highest BCUT2D eigenvalue weighted by Gasteiger charge is 2.27. The van der Waals surface area contributed by atoms with Crippen LogP contribution in [0.3, 0.4) is 0 Å². The summed E-state index contributed by atoms with van der Waals surface area (Å²) in [6.45, 7) is 0.264. The molecule has 2 aromatic carbocycles. The van der Waals surface area contributed by atoms with E-state index in [1.54, 1.807) is 18.2 Å². The third-order valence-corrected chi connectivity index (χ3v) is 4.29. The van der Waals surface area contributed by atoms with Gasteiger partial charge in [0.15, 0.2) is 23.0 Å². The van der Waals surface area contributed by atoms with Gasteiger partial charge in [0.2, 0.25) is 13.6 Å². The number of hydrogen-bond donors (Lipinski definition) is 1. The summed E-state index contributed by atoms with van der Waals surface area (Å²) in [5, 5.41) is 10.4. The SMILES string of the molecule is COC(=O)CC(c1ccc2c(c1)OCO2)c1cc2c(cc1O)OCO2. The highest BCUT2D eigenvalue weighted by atomic mass is 16.7. The third kappa shape index (κ3) is 2.77. The molecule has 130 valence electrons.